The Kier molecular flexibility index (Phi) is 5.38. The molecule has 0 unspecified atom stereocenters. The molecule has 0 aromatic heterocycles. The van der Waals surface area contributed by atoms with Gasteiger partial charge in [0, 0.05) is 5.69 Å². The van der Waals surface area contributed by atoms with Crippen LogP contribution in [0.5, 0.6) is 0 Å². The number of amides is 2. The molecule has 0 aliphatic heterocycles. The third-order valence-electron chi connectivity index (χ3n) is 4.12. The Morgan fingerprint density at radius 1 is 1.19 bits per heavy atom. The van der Waals surface area contributed by atoms with Gasteiger partial charge in [-0.05, 0) is 51.5 Å². The number of nitrogens with two attached hydrogens (primary N) is 1. The molecule has 0 radical (unpaired) electrons. The highest BCUT2D eigenvalue weighted by Crippen LogP contribution is 2.31. The zero-order valence-corrected chi connectivity index (χ0v) is 15.9. The summed E-state index contributed by atoms with van der Waals surface area (Å²) in [7, 11) is 0. The normalized spacial score (nSPS) is 10.9. The van der Waals surface area contributed by atoms with Gasteiger partial charge >= 0.3 is 0 Å². The summed E-state index contributed by atoms with van der Waals surface area (Å²) in [6.45, 7) is 7.08. The zero-order valence-electron chi connectivity index (χ0n) is 15.1. The molecule has 0 heterocycles. The van der Waals surface area contributed by atoms with E-state index >= 15 is 0 Å². The number of anilines is 1. The van der Waals surface area contributed by atoms with E-state index in [2.05, 4.69) is 6.07 Å². The molecule has 0 aliphatic rings. The number of primary amides is 1. The van der Waals surface area contributed by atoms with Gasteiger partial charge in [-0.3, -0.25) is 14.5 Å². The van der Waals surface area contributed by atoms with Crippen molar-refractivity contribution >= 4 is 29.1 Å². The summed E-state index contributed by atoms with van der Waals surface area (Å²) in [6, 6.07) is 12.3. The number of hydrogen-bond acceptors (Lipinski definition) is 3. The molecule has 2 N–H and O–H groups in total. The predicted molar refractivity (Wildman–Crippen MR) is 102 cm³/mol. The van der Waals surface area contributed by atoms with Crippen LogP contribution in [-0.4, -0.2) is 17.4 Å². The maximum absolute atomic E-state index is 13.4. The van der Waals surface area contributed by atoms with E-state index in [4.69, 9.17) is 17.3 Å². The van der Waals surface area contributed by atoms with Gasteiger partial charge in [0.25, 0.3) is 11.8 Å². The van der Waals surface area contributed by atoms with Gasteiger partial charge in [-0.2, -0.15) is 5.26 Å². The Hall–Kier alpha value is -2.84. The Morgan fingerprint density at radius 3 is 2.38 bits per heavy atom. The lowest BCUT2D eigenvalue weighted by molar-refractivity contribution is 0.0949. The number of rotatable bonds is 4. The average Bonchev–Trinajstić information content (AvgIpc) is 2.56. The lowest BCUT2D eigenvalue weighted by atomic mass is 9.97. The molecule has 0 bridgehead atoms. The van der Waals surface area contributed by atoms with Gasteiger partial charge in [0.1, 0.15) is 5.54 Å². The standard InChI is InChI=1S/C20H20ClN3O2/c1-12-8-9-16(13(2)10-12)24(20(3,4)11-22)19(26)14-6-5-7-15(21)17(14)18(23)25/h5-10H,1-4H3,(H2,23,25). The van der Waals surface area contributed by atoms with E-state index in [0.717, 1.165) is 11.1 Å². The minimum atomic E-state index is -1.16. The van der Waals surface area contributed by atoms with E-state index in [1.54, 1.807) is 26.0 Å². The van der Waals surface area contributed by atoms with E-state index in [1.165, 1.54) is 17.0 Å². The van der Waals surface area contributed by atoms with E-state index in [1.807, 2.05) is 26.0 Å². The monoisotopic (exact) mass is 369 g/mol. The second kappa shape index (κ2) is 7.19. The summed E-state index contributed by atoms with van der Waals surface area (Å²) in [4.78, 5) is 26.6. The van der Waals surface area contributed by atoms with Crippen LogP contribution in [0.4, 0.5) is 5.69 Å². The molecule has 2 aromatic carbocycles. The molecule has 5 nitrogen and oxygen atoms in total. The average molecular weight is 370 g/mol. The first kappa shape index (κ1) is 19.5. The maximum Gasteiger partial charge on any atom is 0.260 e. The molecule has 0 saturated heterocycles. The number of hydrogen-bond donors (Lipinski definition) is 1. The first-order valence-corrected chi connectivity index (χ1v) is 8.39. The molecule has 2 amide bonds. The van der Waals surface area contributed by atoms with Gasteiger partial charge in [-0.25, -0.2) is 0 Å². The SMILES string of the molecule is Cc1ccc(N(C(=O)c2cccc(Cl)c2C(N)=O)C(C)(C)C#N)c(C)c1. The molecule has 26 heavy (non-hydrogen) atoms. The quantitative estimate of drug-likeness (QED) is 0.883. The Bertz CT molecular complexity index is 929. The van der Waals surface area contributed by atoms with Crippen LogP contribution < -0.4 is 10.6 Å². The first-order valence-electron chi connectivity index (χ1n) is 8.01. The summed E-state index contributed by atoms with van der Waals surface area (Å²) < 4.78 is 0. The predicted octanol–water partition coefficient (Wildman–Crippen LogP) is 4.00. The Labute approximate surface area is 158 Å². The summed E-state index contributed by atoms with van der Waals surface area (Å²) in [5.41, 5.74) is 6.74. The number of aryl methyl sites for hydroxylation is 2. The number of halogens is 1. The molecule has 2 aromatic rings. The number of carbonyl (C=O) groups excluding carboxylic acids is 2. The molecule has 2 rings (SSSR count). The van der Waals surface area contributed by atoms with Gasteiger partial charge in [0.05, 0.1) is 22.2 Å². The summed E-state index contributed by atoms with van der Waals surface area (Å²) in [6.07, 6.45) is 0. The molecular weight excluding hydrogens is 350 g/mol. The fourth-order valence-electron chi connectivity index (χ4n) is 2.84. The maximum atomic E-state index is 13.4. The minimum Gasteiger partial charge on any atom is -0.366 e. The van der Waals surface area contributed by atoms with Crippen LogP contribution in [-0.2, 0) is 0 Å². The topological polar surface area (TPSA) is 87.2 Å². The number of benzene rings is 2. The molecule has 0 aliphatic carbocycles. The van der Waals surface area contributed by atoms with Crippen molar-refractivity contribution < 1.29 is 9.59 Å². The van der Waals surface area contributed by atoms with Crippen LogP contribution in [0.25, 0.3) is 0 Å². The molecular formula is C20H20ClN3O2. The van der Waals surface area contributed by atoms with Crippen LogP contribution in [0, 0.1) is 25.2 Å². The highest BCUT2D eigenvalue weighted by atomic mass is 35.5. The van der Waals surface area contributed by atoms with E-state index < -0.39 is 17.4 Å². The lowest BCUT2D eigenvalue weighted by Crippen LogP contribution is -2.48. The van der Waals surface area contributed by atoms with Crippen LogP contribution in [0.3, 0.4) is 0 Å². The van der Waals surface area contributed by atoms with Crippen molar-refractivity contribution in [2.24, 2.45) is 5.73 Å². The van der Waals surface area contributed by atoms with Crippen molar-refractivity contribution in [1.82, 2.24) is 0 Å². The van der Waals surface area contributed by atoms with Crippen molar-refractivity contribution in [1.29, 1.82) is 5.26 Å². The van der Waals surface area contributed by atoms with Crippen LogP contribution in [0.1, 0.15) is 45.7 Å². The van der Waals surface area contributed by atoms with Crippen molar-refractivity contribution in [3.8, 4) is 6.07 Å². The van der Waals surface area contributed by atoms with Crippen molar-refractivity contribution in [3.63, 3.8) is 0 Å². The minimum absolute atomic E-state index is 0.0531. The smallest absolute Gasteiger partial charge is 0.260 e. The zero-order chi connectivity index (χ0) is 19.6. The van der Waals surface area contributed by atoms with Crippen LogP contribution in [0.2, 0.25) is 5.02 Å². The number of carbonyl (C=O) groups is 2. The highest BCUT2D eigenvalue weighted by molar-refractivity contribution is 6.35. The molecule has 6 heteroatoms. The van der Waals surface area contributed by atoms with Crippen LogP contribution >= 0.6 is 11.6 Å². The second-order valence-electron chi connectivity index (χ2n) is 6.63. The fourth-order valence-corrected chi connectivity index (χ4v) is 3.11. The summed E-state index contributed by atoms with van der Waals surface area (Å²) in [5.74, 6) is -1.31. The van der Waals surface area contributed by atoms with Gasteiger partial charge in [-0.1, -0.05) is 35.4 Å². The Balaban J connectivity index is 2.73. The fraction of sp³-hybridized carbons (Fsp3) is 0.250. The highest BCUT2D eigenvalue weighted by Gasteiger charge is 2.35. The summed E-state index contributed by atoms with van der Waals surface area (Å²) >= 11 is 6.08. The molecule has 0 saturated carbocycles. The third kappa shape index (κ3) is 3.56. The van der Waals surface area contributed by atoms with E-state index in [9.17, 15) is 14.9 Å². The van der Waals surface area contributed by atoms with Gasteiger partial charge in [0.15, 0.2) is 0 Å². The lowest BCUT2D eigenvalue weighted by Gasteiger charge is -2.35. The third-order valence-corrected chi connectivity index (χ3v) is 4.43. The van der Waals surface area contributed by atoms with Crippen molar-refractivity contribution in [2.45, 2.75) is 33.2 Å². The van der Waals surface area contributed by atoms with E-state index in [-0.39, 0.29) is 16.1 Å². The van der Waals surface area contributed by atoms with Gasteiger partial charge in [-0.15, -0.1) is 0 Å². The number of nitriles is 1. The Morgan fingerprint density at radius 2 is 1.85 bits per heavy atom. The van der Waals surface area contributed by atoms with Gasteiger partial charge in [0.2, 0.25) is 0 Å². The molecule has 134 valence electrons. The molecule has 0 spiro atoms. The van der Waals surface area contributed by atoms with Crippen molar-refractivity contribution in [3.05, 3.63) is 63.7 Å². The van der Waals surface area contributed by atoms with Crippen molar-refractivity contribution in [2.75, 3.05) is 4.90 Å². The molecule has 0 fully saturated rings. The summed E-state index contributed by atoms with van der Waals surface area (Å²) in [5, 5.41) is 9.73. The van der Waals surface area contributed by atoms with Gasteiger partial charge < -0.3 is 5.73 Å². The largest absolute Gasteiger partial charge is 0.366 e. The molecule has 0 atom stereocenters. The van der Waals surface area contributed by atoms with E-state index in [0.29, 0.717) is 5.69 Å². The van der Waals surface area contributed by atoms with Crippen LogP contribution in [0.15, 0.2) is 36.4 Å². The first-order chi connectivity index (χ1) is 12.1. The second-order valence-corrected chi connectivity index (χ2v) is 7.04. The number of nitrogens with zero attached hydrogens (tertiary/aromatic N) is 2.